The molecule has 2 amide bonds. The van der Waals surface area contributed by atoms with Crippen LogP contribution in [0.4, 0.5) is 4.79 Å². The molecule has 0 spiro atoms. The van der Waals surface area contributed by atoms with E-state index in [1.54, 1.807) is 0 Å². The number of β-lactam (4-membered cyclic amide) rings is 1. The Morgan fingerprint density at radius 3 is 2.32 bits per heavy atom. The Balaban J connectivity index is 1.65. The largest absolute Gasteiger partial charge is 0.504 e. The summed E-state index contributed by atoms with van der Waals surface area (Å²) in [7, 11) is -4.17. The normalized spacial score (nSPS) is 26.0. The summed E-state index contributed by atoms with van der Waals surface area (Å²) in [6, 6.07) is -0.0223. The summed E-state index contributed by atoms with van der Waals surface area (Å²) in [4.78, 5) is 48.1. The van der Waals surface area contributed by atoms with Crippen LogP contribution >= 0.6 is 0 Å². The van der Waals surface area contributed by atoms with Gasteiger partial charge in [0.15, 0.2) is 38.9 Å². The second kappa shape index (κ2) is 7.30. The van der Waals surface area contributed by atoms with E-state index in [0.29, 0.717) is 0 Å². The quantitative estimate of drug-likeness (QED) is 0.196. The number of nitrogens with zero attached hydrogens (tertiary/aromatic N) is 1. The van der Waals surface area contributed by atoms with Gasteiger partial charge in [-0.05, 0) is 19.1 Å². The van der Waals surface area contributed by atoms with Gasteiger partial charge < -0.3 is 35.4 Å². The van der Waals surface area contributed by atoms with Gasteiger partial charge in [0.05, 0.1) is 13.0 Å². The van der Waals surface area contributed by atoms with Crippen molar-refractivity contribution in [3.05, 3.63) is 17.7 Å². The Hall–Kier alpha value is -3.55. The van der Waals surface area contributed by atoms with E-state index in [4.69, 9.17) is 4.74 Å². The zero-order valence-electron chi connectivity index (χ0n) is 15.9. The molecule has 2 saturated heterocycles. The number of amides is 2. The summed E-state index contributed by atoms with van der Waals surface area (Å²) in [5.41, 5.74) is -0.243. The summed E-state index contributed by atoms with van der Waals surface area (Å²) in [5, 5.41) is 38.3. The number of ether oxygens (including phenoxy) is 1. The number of alkyl carbamates (subject to hydrolysis) is 1. The molecule has 0 unspecified atom stereocenters. The molecule has 0 aliphatic carbocycles. The molecule has 2 aliphatic heterocycles. The van der Waals surface area contributed by atoms with E-state index in [9.17, 15) is 48.0 Å². The molecule has 168 valence electrons. The van der Waals surface area contributed by atoms with Crippen molar-refractivity contribution in [3.63, 3.8) is 0 Å². The number of carbonyl (C=O) groups excluding carboxylic acids is 3. The van der Waals surface area contributed by atoms with Gasteiger partial charge in [-0.1, -0.05) is 0 Å². The van der Waals surface area contributed by atoms with Gasteiger partial charge >= 0.3 is 12.1 Å². The monoisotopic (exact) mass is 458 g/mol. The Kier molecular flexibility index (Phi) is 5.21. The first-order chi connectivity index (χ1) is 14.3. The number of carboxylic acids is 1. The van der Waals surface area contributed by atoms with Gasteiger partial charge in [0.1, 0.15) is 16.7 Å². The fourth-order valence-electron chi connectivity index (χ4n) is 3.55. The van der Waals surface area contributed by atoms with Crippen LogP contribution in [-0.4, -0.2) is 86.8 Å². The molecule has 0 saturated carbocycles. The Morgan fingerprint density at radius 1 is 1.23 bits per heavy atom. The van der Waals surface area contributed by atoms with Crippen LogP contribution in [0.25, 0.3) is 0 Å². The summed E-state index contributed by atoms with van der Waals surface area (Å²) in [6.07, 6.45) is -1.59. The number of nitrogens with one attached hydrogen (secondary N) is 1. The number of Topliss-reactive ketones (excluding diaryl/α,β-unsaturated/α-hetero) is 1. The van der Waals surface area contributed by atoms with E-state index < -0.39 is 80.2 Å². The number of ketones is 1. The molecule has 1 aromatic carbocycles. The van der Waals surface area contributed by atoms with E-state index >= 15 is 0 Å². The minimum atomic E-state index is -4.17. The lowest BCUT2D eigenvalue weighted by molar-refractivity contribution is -0.158. The average molecular weight is 458 g/mol. The maximum absolute atomic E-state index is 12.7. The van der Waals surface area contributed by atoms with E-state index in [1.807, 2.05) is 5.32 Å². The summed E-state index contributed by atoms with van der Waals surface area (Å²) >= 11 is 0. The van der Waals surface area contributed by atoms with Crippen molar-refractivity contribution in [3.8, 4) is 17.2 Å². The van der Waals surface area contributed by atoms with Crippen molar-refractivity contribution in [1.82, 2.24) is 10.2 Å². The van der Waals surface area contributed by atoms with Crippen LogP contribution in [-0.2, 0) is 24.2 Å². The van der Waals surface area contributed by atoms with Gasteiger partial charge in [-0.3, -0.25) is 9.59 Å². The van der Waals surface area contributed by atoms with Crippen LogP contribution in [0.2, 0.25) is 0 Å². The number of carboxylic acid groups (broad SMARTS) is 1. The molecule has 5 N–H and O–H groups in total. The van der Waals surface area contributed by atoms with Crippen molar-refractivity contribution in [2.45, 2.75) is 29.5 Å². The molecule has 14 heteroatoms. The minimum absolute atomic E-state index is 0.243. The molecule has 0 aromatic heterocycles. The molecule has 2 fully saturated rings. The lowest BCUT2D eigenvalue weighted by Crippen LogP contribution is -2.58. The molecule has 3 atom stereocenters. The molecule has 2 heterocycles. The number of hydrogen-bond donors (Lipinski definition) is 5. The summed E-state index contributed by atoms with van der Waals surface area (Å²) in [5.74, 6) is -5.34. The number of sulfone groups is 1. The van der Waals surface area contributed by atoms with Crippen LogP contribution < -0.4 is 5.32 Å². The average Bonchev–Trinajstić information content (AvgIpc) is 2.83. The van der Waals surface area contributed by atoms with E-state index in [2.05, 4.69) is 0 Å². The van der Waals surface area contributed by atoms with Crippen molar-refractivity contribution in [2.24, 2.45) is 0 Å². The molecule has 0 bridgehead atoms. The second-order valence-corrected chi connectivity index (χ2v) is 9.84. The zero-order valence-corrected chi connectivity index (χ0v) is 16.7. The SMILES string of the molecule is C[C@]1(COC(=O)NCC(=O)c2cc(O)c(O)c(O)c2)[C@H](C(=O)O)N2C(=O)C[C@H]2S1(=O)=O. The number of phenols is 3. The molecule has 0 radical (unpaired) electrons. The Bertz CT molecular complexity index is 1080. The smallest absolute Gasteiger partial charge is 0.407 e. The molecular formula is C17H18N2O11S. The molecule has 13 nitrogen and oxygen atoms in total. The first-order valence-corrected chi connectivity index (χ1v) is 10.3. The second-order valence-electron chi connectivity index (χ2n) is 7.27. The van der Waals surface area contributed by atoms with Crippen molar-refractivity contribution >= 4 is 33.6 Å². The van der Waals surface area contributed by atoms with Crippen LogP contribution in [0.5, 0.6) is 17.2 Å². The standard InChI is InChI=1S/C17H18N2O11S/c1-17(14(15(25)26)19-11(23)4-12(19)31(17,28)29)6-30-16(27)18-5-10(22)7-2-8(20)13(24)9(21)3-7/h2-3,12,14,20-21,24H,4-6H2,1H3,(H,18,27)(H,25,26)/t12-,14+,17+/m1/s1. The Labute approximate surface area is 174 Å². The molecule has 1 aromatic rings. The van der Waals surface area contributed by atoms with Gasteiger partial charge in [0.2, 0.25) is 5.91 Å². The van der Waals surface area contributed by atoms with Gasteiger partial charge in [-0.25, -0.2) is 18.0 Å². The van der Waals surface area contributed by atoms with Crippen LogP contribution in [0.3, 0.4) is 0 Å². The third kappa shape index (κ3) is 3.37. The first-order valence-electron chi connectivity index (χ1n) is 8.77. The van der Waals surface area contributed by atoms with E-state index in [0.717, 1.165) is 24.0 Å². The van der Waals surface area contributed by atoms with Crippen LogP contribution in [0, 0.1) is 0 Å². The van der Waals surface area contributed by atoms with Crippen molar-refractivity contribution in [1.29, 1.82) is 0 Å². The number of fused-ring (bicyclic) bond motifs is 1. The third-order valence-corrected chi connectivity index (χ3v) is 8.07. The minimum Gasteiger partial charge on any atom is -0.504 e. The van der Waals surface area contributed by atoms with Gasteiger partial charge in [0.25, 0.3) is 0 Å². The lowest BCUT2D eigenvalue weighted by atomic mass is 9.97. The summed E-state index contributed by atoms with van der Waals surface area (Å²) < 4.78 is 28.1. The van der Waals surface area contributed by atoms with Gasteiger partial charge in [-0.15, -0.1) is 0 Å². The van der Waals surface area contributed by atoms with Crippen molar-refractivity contribution in [2.75, 3.05) is 13.2 Å². The third-order valence-electron chi connectivity index (χ3n) is 5.32. The number of carbonyl (C=O) groups is 4. The topological polar surface area (TPSA) is 208 Å². The fourth-order valence-corrected chi connectivity index (χ4v) is 5.82. The van der Waals surface area contributed by atoms with E-state index in [1.165, 1.54) is 0 Å². The lowest BCUT2D eigenvalue weighted by Gasteiger charge is -2.35. The van der Waals surface area contributed by atoms with E-state index in [-0.39, 0.29) is 12.0 Å². The first kappa shape index (κ1) is 22.1. The number of aromatic hydroxyl groups is 3. The maximum Gasteiger partial charge on any atom is 0.407 e. The number of aliphatic carboxylic acids is 1. The zero-order chi connectivity index (χ0) is 23.3. The highest BCUT2D eigenvalue weighted by molar-refractivity contribution is 7.94. The maximum atomic E-state index is 12.7. The molecular weight excluding hydrogens is 440 g/mol. The number of phenolic OH excluding ortho intramolecular Hbond substituents is 3. The predicted molar refractivity (Wildman–Crippen MR) is 99.1 cm³/mol. The number of rotatable bonds is 6. The predicted octanol–water partition coefficient (Wildman–Crippen LogP) is -1.09. The highest BCUT2D eigenvalue weighted by Gasteiger charge is 2.70. The molecule has 3 rings (SSSR count). The highest BCUT2D eigenvalue weighted by atomic mass is 32.2. The van der Waals surface area contributed by atoms with Gasteiger partial charge in [0, 0.05) is 5.56 Å². The Morgan fingerprint density at radius 2 is 1.81 bits per heavy atom. The van der Waals surface area contributed by atoms with Crippen molar-refractivity contribution < 1.29 is 52.8 Å². The molecule has 2 aliphatic rings. The number of benzene rings is 1. The fraction of sp³-hybridized carbons (Fsp3) is 0.412. The van der Waals surface area contributed by atoms with Crippen LogP contribution in [0.1, 0.15) is 23.7 Å². The number of hydrogen-bond acceptors (Lipinski definition) is 10. The van der Waals surface area contributed by atoms with Gasteiger partial charge in [-0.2, -0.15) is 0 Å². The molecule has 31 heavy (non-hydrogen) atoms. The van der Waals surface area contributed by atoms with Crippen LogP contribution in [0.15, 0.2) is 12.1 Å². The summed E-state index contributed by atoms with van der Waals surface area (Å²) in [6.45, 7) is -0.498. The highest BCUT2D eigenvalue weighted by Crippen LogP contribution is 2.46.